The van der Waals surface area contributed by atoms with Gasteiger partial charge >= 0.3 is 0 Å². The number of rotatable bonds is 6. The van der Waals surface area contributed by atoms with Gasteiger partial charge in [0.25, 0.3) is 0 Å². The molecule has 2 aromatic heterocycles. The van der Waals surface area contributed by atoms with Crippen LogP contribution in [-0.4, -0.2) is 30.7 Å². The molecule has 0 radical (unpaired) electrons. The lowest BCUT2D eigenvalue weighted by atomic mass is 10.2. The second-order valence-electron chi connectivity index (χ2n) is 4.86. The number of nitrogens with zero attached hydrogens (tertiary/aromatic N) is 1. The molecule has 0 bridgehead atoms. The van der Waals surface area contributed by atoms with Crippen LogP contribution in [0.5, 0.6) is 0 Å². The van der Waals surface area contributed by atoms with Gasteiger partial charge in [0, 0.05) is 17.9 Å². The normalized spacial score (nSPS) is 11.5. The van der Waals surface area contributed by atoms with E-state index >= 15 is 0 Å². The van der Waals surface area contributed by atoms with Crippen LogP contribution >= 0.6 is 11.3 Å². The lowest BCUT2D eigenvalue weighted by Crippen LogP contribution is -2.06. The van der Waals surface area contributed by atoms with Gasteiger partial charge in [0.05, 0.1) is 23.6 Å². The second kappa shape index (κ2) is 5.97. The molecule has 0 saturated carbocycles. The molecule has 0 aliphatic heterocycles. The molecule has 2 heterocycles. The van der Waals surface area contributed by atoms with Gasteiger partial charge in [-0.2, -0.15) is 0 Å². The largest absolute Gasteiger partial charge is 0.382 e. The maximum Gasteiger partial charge on any atom is 0.169 e. The topological polar surface area (TPSA) is 40.5 Å². The monoisotopic (exact) mass is 303 g/mol. The molecular formula is C16H17NO3S. The summed E-state index contributed by atoms with van der Waals surface area (Å²) in [6.45, 7) is 3.19. The van der Waals surface area contributed by atoms with Gasteiger partial charge in [-0.15, -0.1) is 11.3 Å². The van der Waals surface area contributed by atoms with Crippen LogP contribution in [0.2, 0.25) is 0 Å². The number of hydrogen-bond acceptors (Lipinski definition) is 4. The Morgan fingerprint density at radius 2 is 2.05 bits per heavy atom. The molecule has 4 nitrogen and oxygen atoms in total. The predicted octanol–water partition coefficient (Wildman–Crippen LogP) is 3.68. The van der Waals surface area contributed by atoms with E-state index < -0.39 is 0 Å². The number of para-hydroxylation sites is 1. The first-order chi connectivity index (χ1) is 10.2. The first-order valence-electron chi connectivity index (χ1n) is 6.80. The molecule has 0 saturated heterocycles. The predicted molar refractivity (Wildman–Crippen MR) is 85.2 cm³/mol. The summed E-state index contributed by atoms with van der Waals surface area (Å²) in [7, 11) is 1.66. The Labute approximate surface area is 126 Å². The number of ketones is 1. The molecule has 21 heavy (non-hydrogen) atoms. The van der Waals surface area contributed by atoms with Crippen LogP contribution in [-0.2, 0) is 16.2 Å². The summed E-state index contributed by atoms with van der Waals surface area (Å²) in [5, 5.41) is 2.28. The molecule has 0 aliphatic rings. The first kappa shape index (κ1) is 14.3. The van der Waals surface area contributed by atoms with Crippen LogP contribution in [0, 0.1) is 0 Å². The van der Waals surface area contributed by atoms with Crippen molar-refractivity contribution in [3.8, 4) is 0 Å². The molecule has 1 aromatic carbocycles. The van der Waals surface area contributed by atoms with Crippen molar-refractivity contribution in [2.45, 2.75) is 13.7 Å². The van der Waals surface area contributed by atoms with Gasteiger partial charge < -0.3 is 14.0 Å². The Morgan fingerprint density at radius 1 is 1.24 bits per heavy atom. The number of methoxy groups -OCH3 is 1. The highest BCUT2D eigenvalue weighted by Crippen LogP contribution is 2.35. The summed E-state index contributed by atoms with van der Waals surface area (Å²) >= 11 is 1.52. The summed E-state index contributed by atoms with van der Waals surface area (Å²) in [6, 6.07) is 10.2. The third kappa shape index (κ3) is 2.60. The van der Waals surface area contributed by atoms with Crippen molar-refractivity contribution in [2.24, 2.45) is 0 Å². The maximum atomic E-state index is 11.6. The number of hydrogen-bond donors (Lipinski definition) is 0. The quantitative estimate of drug-likeness (QED) is 0.515. The van der Waals surface area contributed by atoms with Gasteiger partial charge in [-0.05, 0) is 19.1 Å². The van der Waals surface area contributed by atoms with Gasteiger partial charge in [-0.25, -0.2) is 0 Å². The fourth-order valence-electron chi connectivity index (χ4n) is 2.42. The molecule has 5 heteroatoms. The number of carbonyl (C=O) groups excluding carboxylic acids is 1. The molecule has 0 atom stereocenters. The Bertz CT molecular complexity index is 787. The van der Waals surface area contributed by atoms with Gasteiger partial charge in [0.1, 0.15) is 11.6 Å². The average Bonchev–Trinajstić information content (AvgIpc) is 3.02. The molecule has 0 aliphatic carbocycles. The Hall–Kier alpha value is -1.69. The Kier molecular flexibility index (Phi) is 4.05. The fraction of sp³-hybridized carbons (Fsp3) is 0.312. The van der Waals surface area contributed by atoms with Gasteiger partial charge in [0.2, 0.25) is 0 Å². The van der Waals surface area contributed by atoms with E-state index in [1.165, 1.54) is 11.3 Å². The number of aromatic nitrogens is 1. The van der Waals surface area contributed by atoms with E-state index in [1.807, 2.05) is 18.2 Å². The van der Waals surface area contributed by atoms with E-state index in [0.717, 1.165) is 26.0 Å². The molecule has 3 aromatic rings. The van der Waals surface area contributed by atoms with Gasteiger partial charge in [0.15, 0.2) is 5.78 Å². The number of thiophene rings is 1. The minimum Gasteiger partial charge on any atom is -0.382 e. The van der Waals surface area contributed by atoms with Gasteiger partial charge in [-0.3, -0.25) is 4.79 Å². The fourth-order valence-corrected chi connectivity index (χ4v) is 3.49. The summed E-state index contributed by atoms with van der Waals surface area (Å²) in [4.78, 5) is 13.5. The van der Waals surface area contributed by atoms with Crippen LogP contribution in [0.1, 0.15) is 16.6 Å². The van der Waals surface area contributed by atoms with E-state index in [2.05, 4.69) is 16.7 Å². The number of ether oxygens (including phenoxy) is 2. The molecule has 0 unspecified atom stereocenters. The summed E-state index contributed by atoms with van der Waals surface area (Å²) in [5.41, 5.74) is 1.13. The van der Waals surface area contributed by atoms with Crippen molar-refractivity contribution < 1.29 is 14.3 Å². The van der Waals surface area contributed by atoms with Crippen molar-refractivity contribution in [3.63, 3.8) is 0 Å². The Morgan fingerprint density at radius 3 is 2.81 bits per heavy atom. The zero-order valence-corrected chi connectivity index (χ0v) is 12.9. The molecule has 0 N–H and O–H groups in total. The highest BCUT2D eigenvalue weighted by Gasteiger charge is 2.15. The van der Waals surface area contributed by atoms with Crippen molar-refractivity contribution in [1.82, 2.24) is 4.57 Å². The smallest absolute Gasteiger partial charge is 0.169 e. The van der Waals surface area contributed by atoms with E-state index in [1.54, 1.807) is 14.0 Å². The molecule has 0 spiro atoms. The SMILES string of the molecule is COCCOCn1c2ccccc2c2cc(C(C)=O)sc21. The van der Waals surface area contributed by atoms with Crippen molar-refractivity contribution >= 4 is 38.2 Å². The zero-order chi connectivity index (χ0) is 14.8. The third-order valence-corrected chi connectivity index (χ3v) is 4.70. The second-order valence-corrected chi connectivity index (χ2v) is 5.89. The number of Topliss-reactive ketones (excluding diaryl/α,β-unsaturated/α-hetero) is 1. The standard InChI is InChI=1S/C16H17NO3S/c1-11(18)15-9-13-12-5-3-4-6-14(12)17(16(13)21-15)10-20-8-7-19-2/h3-6,9H,7-8,10H2,1-2H3. The molecule has 3 rings (SSSR count). The Balaban J connectivity index is 2.06. The van der Waals surface area contributed by atoms with Crippen LogP contribution in [0.4, 0.5) is 0 Å². The minimum atomic E-state index is 0.104. The molecular weight excluding hydrogens is 286 g/mol. The highest BCUT2D eigenvalue weighted by atomic mass is 32.1. The van der Waals surface area contributed by atoms with Crippen LogP contribution in [0.3, 0.4) is 0 Å². The van der Waals surface area contributed by atoms with Crippen molar-refractivity contribution in [2.75, 3.05) is 20.3 Å². The van der Waals surface area contributed by atoms with E-state index in [-0.39, 0.29) is 5.78 Å². The number of carbonyl (C=O) groups is 1. The van der Waals surface area contributed by atoms with E-state index in [9.17, 15) is 4.79 Å². The van der Waals surface area contributed by atoms with Crippen LogP contribution in [0.15, 0.2) is 30.3 Å². The van der Waals surface area contributed by atoms with E-state index in [0.29, 0.717) is 19.9 Å². The summed E-state index contributed by atoms with van der Waals surface area (Å²) < 4.78 is 12.8. The number of fused-ring (bicyclic) bond motifs is 3. The third-order valence-electron chi connectivity index (χ3n) is 3.44. The van der Waals surface area contributed by atoms with E-state index in [4.69, 9.17) is 9.47 Å². The van der Waals surface area contributed by atoms with Crippen LogP contribution < -0.4 is 0 Å². The van der Waals surface area contributed by atoms with Crippen molar-refractivity contribution in [3.05, 3.63) is 35.2 Å². The maximum absolute atomic E-state index is 11.6. The average molecular weight is 303 g/mol. The molecule has 0 amide bonds. The lowest BCUT2D eigenvalue weighted by molar-refractivity contribution is 0.0378. The molecule has 110 valence electrons. The minimum absolute atomic E-state index is 0.104. The lowest BCUT2D eigenvalue weighted by Gasteiger charge is -2.07. The van der Waals surface area contributed by atoms with Crippen molar-refractivity contribution in [1.29, 1.82) is 0 Å². The number of benzene rings is 1. The summed E-state index contributed by atoms with van der Waals surface area (Å²) in [6.07, 6.45) is 0. The van der Waals surface area contributed by atoms with Crippen LogP contribution in [0.25, 0.3) is 21.1 Å². The first-order valence-corrected chi connectivity index (χ1v) is 7.62. The molecule has 0 fully saturated rings. The summed E-state index contributed by atoms with van der Waals surface area (Å²) in [5.74, 6) is 0.104. The highest BCUT2D eigenvalue weighted by molar-refractivity contribution is 7.20. The van der Waals surface area contributed by atoms with Gasteiger partial charge in [-0.1, -0.05) is 18.2 Å². The zero-order valence-electron chi connectivity index (χ0n) is 12.1.